The molecule has 120 valence electrons. The van der Waals surface area contributed by atoms with Gasteiger partial charge in [-0.05, 0) is 0 Å². The van der Waals surface area contributed by atoms with Gasteiger partial charge in [-0.3, -0.25) is 0 Å². The average Bonchev–Trinajstić information content (AvgIpc) is 1.86. The maximum atomic E-state index is 6.38. The fourth-order valence-corrected chi connectivity index (χ4v) is 12.0. The summed E-state index contributed by atoms with van der Waals surface area (Å²) in [5.74, 6) is 0. The first kappa shape index (κ1) is 20.4. The molecule has 0 saturated carbocycles. The third kappa shape index (κ3) is 10.2. The molecule has 0 aromatic carbocycles. The molecule has 0 aromatic heterocycles. The van der Waals surface area contributed by atoms with Crippen molar-refractivity contribution in [3.8, 4) is 0 Å². The summed E-state index contributed by atoms with van der Waals surface area (Å²) in [5.41, 5.74) is 0.300. The molecule has 0 fully saturated rings. The molecular weight excluding hydrogens is 359 g/mol. The van der Waals surface area contributed by atoms with E-state index in [9.17, 15) is 0 Å². The van der Waals surface area contributed by atoms with Gasteiger partial charge in [0.1, 0.15) is 0 Å². The Labute approximate surface area is 131 Å². The molecule has 0 aliphatic heterocycles. The van der Waals surface area contributed by atoms with E-state index in [1.54, 1.807) is 0 Å². The second-order valence-corrected chi connectivity index (χ2v) is 14.5. The van der Waals surface area contributed by atoms with Crippen molar-refractivity contribution in [1.82, 2.24) is 0 Å². The van der Waals surface area contributed by atoms with Crippen LogP contribution in [0, 0.1) is 0 Å². The van der Waals surface area contributed by atoms with Crippen molar-refractivity contribution in [2.24, 2.45) is 0 Å². The number of hydrogen-bond acceptors (Lipinski definition) is 3. The Morgan fingerprint density at radius 1 is 0.650 bits per heavy atom. The van der Waals surface area contributed by atoms with Gasteiger partial charge in [0.05, 0.1) is 0 Å². The van der Waals surface area contributed by atoms with Crippen molar-refractivity contribution < 1.29 is 9.22 Å². The van der Waals surface area contributed by atoms with Crippen molar-refractivity contribution in [2.75, 3.05) is 0 Å². The molecule has 0 amide bonds. The number of rotatable bonds is 4. The van der Waals surface area contributed by atoms with Crippen LogP contribution in [0.15, 0.2) is 9.67 Å². The normalized spacial score (nSPS) is 14.3. The molecular formula is C16H34O3Sn. The first-order chi connectivity index (χ1) is 8.54. The molecule has 20 heavy (non-hydrogen) atoms. The Kier molecular flexibility index (Phi) is 6.81. The zero-order valence-corrected chi connectivity index (χ0v) is 18.2. The second-order valence-electron chi connectivity index (χ2n) is 8.47. The minimum absolute atomic E-state index is 0.293. The fraction of sp³-hybridized carbons (Fsp3) is 0.875. The zero-order valence-electron chi connectivity index (χ0n) is 15.3. The monoisotopic (exact) mass is 394 g/mol. The van der Waals surface area contributed by atoms with Crippen molar-refractivity contribution in [1.29, 1.82) is 0 Å². The topological polar surface area (TPSA) is 27.7 Å². The van der Waals surface area contributed by atoms with E-state index in [-0.39, 0.29) is 16.8 Å². The van der Waals surface area contributed by atoms with E-state index in [0.29, 0.717) is 0 Å². The van der Waals surface area contributed by atoms with Crippen LogP contribution in [-0.4, -0.2) is 36.4 Å². The SMILES string of the molecule is CC(C)=[CH][Sn]([O]C(C)(C)C)([O]C(C)(C)C)[O]C(C)(C)C. The Hall–Kier alpha value is 0.419. The van der Waals surface area contributed by atoms with Gasteiger partial charge >= 0.3 is 131 Å². The predicted octanol–water partition coefficient (Wildman–Crippen LogP) is 4.88. The van der Waals surface area contributed by atoms with Crippen molar-refractivity contribution in [3.63, 3.8) is 0 Å². The van der Waals surface area contributed by atoms with Gasteiger partial charge in [-0.2, -0.15) is 0 Å². The predicted molar refractivity (Wildman–Crippen MR) is 87.7 cm³/mol. The van der Waals surface area contributed by atoms with Gasteiger partial charge in [0.15, 0.2) is 0 Å². The molecule has 0 radical (unpaired) electrons. The molecule has 0 aliphatic rings. The summed E-state index contributed by atoms with van der Waals surface area (Å²) in [7, 11) is 0. The average molecular weight is 393 g/mol. The van der Waals surface area contributed by atoms with Crippen molar-refractivity contribution in [2.45, 2.75) is 93.0 Å². The van der Waals surface area contributed by atoms with E-state index in [1.807, 2.05) is 0 Å². The number of allylic oxidation sites excluding steroid dienone is 1. The van der Waals surface area contributed by atoms with Crippen LogP contribution in [0.25, 0.3) is 0 Å². The standard InChI is InChI=1S/3C4H9O.C4H7.Sn/c3*1-4(2,3)5;1-4(2)3;/h3*1-3H3;1H,2-3H3;/q3*-1;;+3. The van der Waals surface area contributed by atoms with Crippen LogP contribution >= 0.6 is 0 Å². The van der Waals surface area contributed by atoms with E-state index in [4.69, 9.17) is 9.22 Å². The van der Waals surface area contributed by atoms with Crippen molar-refractivity contribution in [3.05, 3.63) is 9.67 Å². The van der Waals surface area contributed by atoms with Gasteiger partial charge < -0.3 is 0 Å². The van der Waals surface area contributed by atoms with Gasteiger partial charge in [-0.1, -0.05) is 0 Å². The summed E-state index contributed by atoms with van der Waals surface area (Å²) < 4.78 is 21.3. The van der Waals surface area contributed by atoms with Gasteiger partial charge in [0, 0.05) is 0 Å². The third-order valence-electron chi connectivity index (χ3n) is 1.81. The van der Waals surface area contributed by atoms with Crippen LogP contribution in [0.1, 0.15) is 76.2 Å². The van der Waals surface area contributed by atoms with E-state index in [1.165, 1.54) is 5.57 Å². The first-order valence-electron chi connectivity index (χ1n) is 7.30. The van der Waals surface area contributed by atoms with E-state index in [0.717, 1.165) is 0 Å². The quantitative estimate of drug-likeness (QED) is 0.638. The molecule has 0 unspecified atom stereocenters. The summed E-state index contributed by atoms with van der Waals surface area (Å²) in [4.78, 5) is 0. The van der Waals surface area contributed by atoms with Crippen LogP contribution in [0.2, 0.25) is 0 Å². The fourth-order valence-electron chi connectivity index (χ4n) is 1.78. The summed E-state index contributed by atoms with van der Waals surface area (Å²) in [6.07, 6.45) is 0. The molecule has 0 heterocycles. The molecule has 0 saturated heterocycles. The van der Waals surface area contributed by atoms with E-state index in [2.05, 4.69) is 80.3 Å². The molecule has 0 spiro atoms. The van der Waals surface area contributed by atoms with Crippen LogP contribution in [-0.2, 0) is 9.22 Å². The zero-order chi connectivity index (χ0) is 16.4. The molecule has 0 aromatic rings. The minimum atomic E-state index is -3.82. The van der Waals surface area contributed by atoms with E-state index < -0.39 is 19.6 Å². The molecule has 0 rings (SSSR count). The second kappa shape index (κ2) is 6.67. The number of hydrogen-bond donors (Lipinski definition) is 0. The Morgan fingerprint density at radius 2 is 0.900 bits per heavy atom. The summed E-state index contributed by atoms with van der Waals surface area (Å²) in [6.45, 7) is 22.6. The Morgan fingerprint density at radius 3 is 1.05 bits per heavy atom. The molecule has 3 nitrogen and oxygen atoms in total. The first-order valence-corrected chi connectivity index (χ1v) is 12.4. The van der Waals surface area contributed by atoms with Gasteiger partial charge in [0.25, 0.3) is 0 Å². The Bertz CT molecular complexity index is 295. The summed E-state index contributed by atoms with van der Waals surface area (Å²) in [5, 5.41) is 0. The molecule has 0 aliphatic carbocycles. The van der Waals surface area contributed by atoms with Gasteiger partial charge in [-0.15, -0.1) is 0 Å². The van der Waals surface area contributed by atoms with Crippen LogP contribution in [0.5, 0.6) is 0 Å². The summed E-state index contributed by atoms with van der Waals surface area (Å²) in [6, 6.07) is 0. The van der Waals surface area contributed by atoms with Crippen LogP contribution in [0.3, 0.4) is 0 Å². The van der Waals surface area contributed by atoms with Gasteiger partial charge in [-0.25, -0.2) is 0 Å². The maximum absolute atomic E-state index is 6.38. The van der Waals surface area contributed by atoms with Gasteiger partial charge in [0.2, 0.25) is 0 Å². The summed E-state index contributed by atoms with van der Waals surface area (Å²) >= 11 is -3.82. The van der Waals surface area contributed by atoms with Crippen molar-refractivity contribution >= 4 is 19.6 Å². The molecule has 0 N–H and O–H groups in total. The molecule has 4 heteroatoms. The molecule has 0 atom stereocenters. The third-order valence-corrected chi connectivity index (χ3v) is 12.1. The van der Waals surface area contributed by atoms with E-state index >= 15 is 0 Å². The molecule has 0 bridgehead atoms. The Balaban J connectivity index is 5.70. The van der Waals surface area contributed by atoms with Crippen LogP contribution < -0.4 is 0 Å². The van der Waals surface area contributed by atoms with Crippen LogP contribution in [0.4, 0.5) is 0 Å².